The molecule has 0 N–H and O–H groups in total. The quantitative estimate of drug-likeness (QED) is 0.202. The number of para-hydroxylation sites is 2. The topological polar surface area (TPSA) is 8.81 Å². The lowest BCUT2D eigenvalue weighted by Gasteiger charge is -2.06. The second-order valence-electron chi connectivity index (χ2n) is 10.1. The molecule has 1 aromatic heterocycles. The first kappa shape index (κ1) is 23.2. The van der Waals surface area contributed by atoms with Crippen LogP contribution in [-0.2, 0) is 13.1 Å². The molecule has 1 heterocycles. The van der Waals surface area contributed by atoms with Crippen LogP contribution in [0.2, 0.25) is 0 Å². The van der Waals surface area contributed by atoms with E-state index in [0.717, 1.165) is 13.1 Å². The summed E-state index contributed by atoms with van der Waals surface area (Å²) in [5.74, 6) is 1.18. The Labute approximate surface area is 228 Å². The molecule has 0 radical (unpaired) electrons. The molecule has 0 aliphatic carbocycles. The Morgan fingerprint density at radius 2 is 1.10 bits per heavy atom. The Balaban J connectivity index is 1.39. The van der Waals surface area contributed by atoms with Crippen LogP contribution in [0.25, 0.3) is 44.7 Å². The standard InChI is InChI=1S/C37H29N2/c1-2-10-28(11-3-1)20-23-37-38(26-29-18-21-31-12-4-6-14-33(31)24-29)35-16-8-9-17-36(35)39(37)27-30-19-22-32-13-5-7-15-34(32)25-30/h1-25H,26-27H2/q+1/b23-20+. The minimum absolute atomic E-state index is 0.796. The van der Waals surface area contributed by atoms with Gasteiger partial charge in [-0.3, -0.25) is 0 Å². The second-order valence-corrected chi connectivity index (χ2v) is 10.1. The first-order valence-electron chi connectivity index (χ1n) is 13.5. The zero-order valence-corrected chi connectivity index (χ0v) is 21.7. The van der Waals surface area contributed by atoms with Gasteiger partial charge in [0.15, 0.2) is 11.0 Å². The zero-order chi connectivity index (χ0) is 26.0. The van der Waals surface area contributed by atoms with Crippen LogP contribution in [0.1, 0.15) is 22.5 Å². The van der Waals surface area contributed by atoms with E-state index in [1.807, 2.05) is 0 Å². The number of hydrogen-bond donors (Lipinski definition) is 0. The van der Waals surface area contributed by atoms with Crippen molar-refractivity contribution in [2.45, 2.75) is 13.1 Å². The molecule has 0 aliphatic heterocycles. The molecule has 2 heteroatoms. The van der Waals surface area contributed by atoms with E-state index in [4.69, 9.17) is 0 Å². The normalized spacial score (nSPS) is 11.7. The minimum atomic E-state index is 0.796. The van der Waals surface area contributed by atoms with E-state index in [2.05, 4.69) is 161 Å². The van der Waals surface area contributed by atoms with E-state index in [1.165, 1.54) is 55.1 Å². The number of rotatable bonds is 6. The van der Waals surface area contributed by atoms with Crippen LogP contribution in [-0.4, -0.2) is 4.57 Å². The molecule has 0 atom stereocenters. The summed E-state index contributed by atoms with van der Waals surface area (Å²) in [6.45, 7) is 1.59. The SMILES string of the molecule is C(=C\c1n(Cc2ccc3ccccc3c2)c2ccccc2[n+]1Cc1ccc2ccccc2c1)/c1ccccc1. The van der Waals surface area contributed by atoms with Crippen molar-refractivity contribution in [2.75, 3.05) is 0 Å². The van der Waals surface area contributed by atoms with Gasteiger partial charge in [0.1, 0.15) is 13.1 Å². The maximum Gasteiger partial charge on any atom is 0.283 e. The molecule has 0 saturated heterocycles. The van der Waals surface area contributed by atoms with E-state index >= 15 is 0 Å². The third-order valence-electron chi connectivity index (χ3n) is 7.55. The molecular weight excluding hydrogens is 472 g/mol. The van der Waals surface area contributed by atoms with Crippen molar-refractivity contribution >= 4 is 44.7 Å². The van der Waals surface area contributed by atoms with Crippen LogP contribution in [0.5, 0.6) is 0 Å². The molecule has 6 aromatic carbocycles. The highest BCUT2D eigenvalue weighted by Crippen LogP contribution is 2.23. The summed E-state index contributed by atoms with van der Waals surface area (Å²) in [4.78, 5) is 0. The van der Waals surface area contributed by atoms with Crippen molar-refractivity contribution in [2.24, 2.45) is 0 Å². The average molecular weight is 502 g/mol. The van der Waals surface area contributed by atoms with E-state index in [9.17, 15) is 0 Å². The molecule has 2 nitrogen and oxygen atoms in total. The van der Waals surface area contributed by atoms with Crippen LogP contribution < -0.4 is 4.57 Å². The number of nitrogens with zero attached hydrogens (tertiary/aromatic N) is 2. The summed E-state index contributed by atoms with van der Waals surface area (Å²) < 4.78 is 4.92. The first-order chi connectivity index (χ1) is 19.3. The second kappa shape index (κ2) is 10.1. The molecule has 7 rings (SSSR count). The van der Waals surface area contributed by atoms with Gasteiger partial charge in [0.2, 0.25) is 0 Å². The highest BCUT2D eigenvalue weighted by atomic mass is 15.2. The van der Waals surface area contributed by atoms with Gasteiger partial charge in [-0.2, -0.15) is 0 Å². The molecule has 0 unspecified atom stereocenters. The fourth-order valence-corrected chi connectivity index (χ4v) is 5.60. The van der Waals surface area contributed by atoms with Crippen molar-refractivity contribution in [3.8, 4) is 0 Å². The number of imidazole rings is 1. The van der Waals surface area contributed by atoms with Gasteiger partial charge >= 0.3 is 0 Å². The van der Waals surface area contributed by atoms with Crippen LogP contribution in [0.4, 0.5) is 0 Å². The molecule has 0 bridgehead atoms. The molecule has 0 saturated carbocycles. The van der Waals surface area contributed by atoms with Gasteiger partial charge in [-0.1, -0.05) is 115 Å². The van der Waals surface area contributed by atoms with Crippen molar-refractivity contribution in [1.82, 2.24) is 4.57 Å². The minimum Gasteiger partial charge on any atom is -0.219 e. The van der Waals surface area contributed by atoms with E-state index in [-0.39, 0.29) is 0 Å². The lowest BCUT2D eigenvalue weighted by molar-refractivity contribution is -0.665. The molecular formula is C37H29N2+. The first-order valence-corrected chi connectivity index (χ1v) is 13.5. The summed E-state index contributed by atoms with van der Waals surface area (Å²) in [6, 6.07) is 50.1. The number of benzene rings is 6. The number of aromatic nitrogens is 2. The fourth-order valence-electron chi connectivity index (χ4n) is 5.60. The van der Waals surface area contributed by atoms with Crippen LogP contribution >= 0.6 is 0 Å². The third-order valence-corrected chi connectivity index (χ3v) is 7.55. The predicted molar refractivity (Wildman–Crippen MR) is 164 cm³/mol. The van der Waals surface area contributed by atoms with Gasteiger partial charge in [0.05, 0.1) is 0 Å². The van der Waals surface area contributed by atoms with Gasteiger partial charge in [-0.05, 0) is 68.6 Å². The fraction of sp³-hybridized carbons (Fsp3) is 0.0541. The van der Waals surface area contributed by atoms with Gasteiger partial charge in [0.25, 0.3) is 5.82 Å². The van der Waals surface area contributed by atoms with Crippen molar-refractivity contribution in [1.29, 1.82) is 0 Å². The largest absolute Gasteiger partial charge is 0.283 e. The maximum absolute atomic E-state index is 2.46. The molecule has 39 heavy (non-hydrogen) atoms. The lowest BCUT2D eigenvalue weighted by Crippen LogP contribution is -2.37. The Hall–Kier alpha value is -4.95. The highest BCUT2D eigenvalue weighted by molar-refractivity contribution is 5.84. The van der Waals surface area contributed by atoms with Crippen LogP contribution in [0, 0.1) is 0 Å². The number of hydrogen-bond acceptors (Lipinski definition) is 0. The summed E-state index contributed by atoms with van der Waals surface area (Å²) in [6.07, 6.45) is 4.50. The summed E-state index contributed by atoms with van der Waals surface area (Å²) in [5.41, 5.74) is 6.25. The van der Waals surface area contributed by atoms with Gasteiger partial charge in [0, 0.05) is 6.08 Å². The average Bonchev–Trinajstić information content (AvgIpc) is 3.28. The predicted octanol–water partition coefficient (Wildman–Crippen LogP) is 8.50. The van der Waals surface area contributed by atoms with E-state index in [0.29, 0.717) is 0 Å². The molecule has 0 fully saturated rings. The third kappa shape index (κ3) is 4.62. The molecule has 186 valence electrons. The summed E-state index contributed by atoms with van der Waals surface area (Å²) >= 11 is 0. The summed E-state index contributed by atoms with van der Waals surface area (Å²) in [7, 11) is 0. The zero-order valence-electron chi connectivity index (χ0n) is 21.7. The van der Waals surface area contributed by atoms with Gasteiger partial charge in [-0.25, -0.2) is 9.13 Å². The molecule has 0 aliphatic rings. The van der Waals surface area contributed by atoms with Gasteiger partial charge in [-0.15, -0.1) is 0 Å². The van der Waals surface area contributed by atoms with Gasteiger partial charge < -0.3 is 0 Å². The van der Waals surface area contributed by atoms with Crippen LogP contribution in [0.15, 0.2) is 140 Å². The van der Waals surface area contributed by atoms with Crippen LogP contribution in [0.3, 0.4) is 0 Å². The smallest absolute Gasteiger partial charge is 0.219 e. The Bertz CT molecular complexity index is 1840. The Kier molecular flexibility index (Phi) is 5.99. The summed E-state index contributed by atoms with van der Waals surface area (Å²) in [5, 5.41) is 5.09. The molecule has 7 aromatic rings. The molecule has 0 amide bonds. The Morgan fingerprint density at radius 1 is 0.513 bits per heavy atom. The number of fused-ring (bicyclic) bond motifs is 3. The van der Waals surface area contributed by atoms with Crippen molar-refractivity contribution in [3.05, 3.63) is 162 Å². The maximum atomic E-state index is 2.46. The van der Waals surface area contributed by atoms with Crippen molar-refractivity contribution in [3.63, 3.8) is 0 Å². The van der Waals surface area contributed by atoms with E-state index in [1.54, 1.807) is 0 Å². The Morgan fingerprint density at radius 3 is 1.85 bits per heavy atom. The van der Waals surface area contributed by atoms with Crippen molar-refractivity contribution < 1.29 is 4.57 Å². The highest BCUT2D eigenvalue weighted by Gasteiger charge is 2.23. The lowest BCUT2D eigenvalue weighted by atomic mass is 10.1. The molecule has 0 spiro atoms. The van der Waals surface area contributed by atoms with E-state index < -0.39 is 0 Å². The monoisotopic (exact) mass is 501 g/mol.